The second kappa shape index (κ2) is 4.77. The van der Waals surface area contributed by atoms with E-state index >= 15 is 0 Å². The van der Waals surface area contributed by atoms with E-state index < -0.39 is 5.60 Å². The van der Waals surface area contributed by atoms with Gasteiger partial charge in [0.2, 0.25) is 0 Å². The Morgan fingerprint density at radius 3 is 2.94 bits per heavy atom. The van der Waals surface area contributed by atoms with Gasteiger partial charge in [-0.05, 0) is 25.5 Å². The molecule has 0 bridgehead atoms. The third-order valence-electron chi connectivity index (χ3n) is 3.04. The number of ketones is 1. The van der Waals surface area contributed by atoms with E-state index in [0.29, 0.717) is 23.7 Å². The van der Waals surface area contributed by atoms with E-state index in [9.17, 15) is 9.90 Å². The summed E-state index contributed by atoms with van der Waals surface area (Å²) >= 11 is 5.85. The number of hydrogen-bond donors (Lipinski definition) is 1. The van der Waals surface area contributed by atoms with Crippen LogP contribution < -0.4 is 0 Å². The predicted molar refractivity (Wildman–Crippen MR) is 67.5 cm³/mol. The molecule has 1 aliphatic rings. The van der Waals surface area contributed by atoms with Crippen LogP contribution in [0, 0.1) is 0 Å². The smallest absolute Gasteiger partial charge is 0.176 e. The molecular formula is C13H16ClNO2. The first-order valence-electron chi connectivity index (χ1n) is 5.70. The number of benzene rings is 1. The molecule has 92 valence electrons. The summed E-state index contributed by atoms with van der Waals surface area (Å²) in [6.07, 6.45) is 0.718. The number of nitrogens with zero attached hydrogens (tertiary/aromatic N) is 1. The quantitative estimate of drug-likeness (QED) is 0.838. The van der Waals surface area contributed by atoms with Gasteiger partial charge >= 0.3 is 0 Å². The number of β-amino-alcohol motifs (C(OH)–C–C–N with tert-alkyl or cyclic N) is 1. The molecule has 3 nitrogen and oxygen atoms in total. The number of Topliss-reactive ketones (excluding diaryl/α,β-unsaturated/α-hetero) is 1. The van der Waals surface area contributed by atoms with Crippen molar-refractivity contribution >= 4 is 17.4 Å². The van der Waals surface area contributed by atoms with Crippen LogP contribution in [0.5, 0.6) is 0 Å². The van der Waals surface area contributed by atoms with Gasteiger partial charge in [-0.1, -0.05) is 23.7 Å². The van der Waals surface area contributed by atoms with Crippen LogP contribution in [-0.4, -0.2) is 41.0 Å². The number of hydrogen-bond acceptors (Lipinski definition) is 3. The zero-order valence-electron chi connectivity index (χ0n) is 9.82. The fraction of sp³-hybridized carbons (Fsp3) is 0.462. The van der Waals surface area contributed by atoms with Gasteiger partial charge in [0.05, 0.1) is 12.1 Å². The van der Waals surface area contributed by atoms with E-state index in [1.807, 2.05) is 4.90 Å². The Morgan fingerprint density at radius 1 is 1.59 bits per heavy atom. The minimum atomic E-state index is -0.658. The van der Waals surface area contributed by atoms with Gasteiger partial charge in [0.15, 0.2) is 5.78 Å². The van der Waals surface area contributed by atoms with Gasteiger partial charge < -0.3 is 5.11 Å². The van der Waals surface area contributed by atoms with Crippen molar-refractivity contribution in [3.8, 4) is 0 Å². The Bertz CT molecular complexity index is 431. The van der Waals surface area contributed by atoms with Crippen LogP contribution in [0.15, 0.2) is 24.3 Å². The first kappa shape index (κ1) is 12.6. The number of aliphatic hydroxyl groups is 1. The number of likely N-dealkylation sites (tertiary alicyclic amines) is 1. The highest BCUT2D eigenvalue weighted by molar-refractivity contribution is 6.31. The predicted octanol–water partition coefficient (Wildman–Crippen LogP) is 1.98. The summed E-state index contributed by atoms with van der Waals surface area (Å²) in [5, 5.41) is 10.4. The van der Waals surface area contributed by atoms with Crippen molar-refractivity contribution < 1.29 is 9.90 Å². The highest BCUT2D eigenvalue weighted by Gasteiger charge is 2.32. The molecule has 0 spiro atoms. The van der Waals surface area contributed by atoms with E-state index in [-0.39, 0.29) is 5.78 Å². The molecule has 2 rings (SSSR count). The summed E-state index contributed by atoms with van der Waals surface area (Å²) in [4.78, 5) is 14.0. The molecule has 1 aromatic rings. The molecule has 0 aromatic heterocycles. The minimum Gasteiger partial charge on any atom is -0.389 e. The average Bonchev–Trinajstić information content (AvgIpc) is 2.58. The average molecular weight is 254 g/mol. The first-order valence-corrected chi connectivity index (χ1v) is 6.08. The summed E-state index contributed by atoms with van der Waals surface area (Å²) in [7, 11) is 0. The number of halogens is 1. The molecule has 1 aliphatic heterocycles. The lowest BCUT2D eigenvalue weighted by molar-refractivity contribution is 0.0669. The van der Waals surface area contributed by atoms with Crippen molar-refractivity contribution in [3.05, 3.63) is 34.9 Å². The lowest BCUT2D eigenvalue weighted by atomic mass is 10.1. The van der Waals surface area contributed by atoms with Crippen molar-refractivity contribution in [2.24, 2.45) is 0 Å². The van der Waals surface area contributed by atoms with Gasteiger partial charge in [-0.25, -0.2) is 0 Å². The van der Waals surface area contributed by atoms with Crippen molar-refractivity contribution in [3.63, 3.8) is 0 Å². The maximum absolute atomic E-state index is 12.0. The van der Waals surface area contributed by atoms with Gasteiger partial charge in [-0.15, -0.1) is 0 Å². The van der Waals surface area contributed by atoms with Gasteiger partial charge in [-0.2, -0.15) is 0 Å². The molecule has 1 fully saturated rings. The van der Waals surface area contributed by atoms with Crippen LogP contribution >= 0.6 is 11.6 Å². The highest BCUT2D eigenvalue weighted by atomic mass is 35.5. The van der Waals surface area contributed by atoms with Crippen molar-refractivity contribution in [1.82, 2.24) is 4.90 Å². The molecule has 0 amide bonds. The Morgan fingerprint density at radius 2 is 2.35 bits per heavy atom. The second-order valence-corrected chi connectivity index (χ2v) is 5.33. The lowest BCUT2D eigenvalue weighted by Crippen LogP contribution is -2.33. The molecule has 1 saturated heterocycles. The van der Waals surface area contributed by atoms with Crippen molar-refractivity contribution in [2.45, 2.75) is 18.9 Å². The van der Waals surface area contributed by atoms with Crippen LogP contribution in [0.4, 0.5) is 0 Å². The van der Waals surface area contributed by atoms with Crippen LogP contribution in [-0.2, 0) is 0 Å². The molecule has 4 heteroatoms. The fourth-order valence-electron chi connectivity index (χ4n) is 2.13. The van der Waals surface area contributed by atoms with Crippen molar-refractivity contribution in [1.29, 1.82) is 0 Å². The summed E-state index contributed by atoms with van der Waals surface area (Å²) in [6.45, 7) is 3.46. The zero-order chi connectivity index (χ0) is 12.5. The van der Waals surface area contributed by atoms with E-state index in [1.54, 1.807) is 31.2 Å². The van der Waals surface area contributed by atoms with E-state index in [4.69, 9.17) is 11.6 Å². The van der Waals surface area contributed by atoms with E-state index in [0.717, 1.165) is 13.0 Å². The first-order chi connectivity index (χ1) is 7.96. The van der Waals surface area contributed by atoms with Gasteiger partial charge in [0.1, 0.15) is 0 Å². The largest absolute Gasteiger partial charge is 0.389 e. The number of rotatable bonds is 3. The van der Waals surface area contributed by atoms with Gasteiger partial charge in [-0.3, -0.25) is 9.69 Å². The molecule has 1 heterocycles. The standard InChI is InChI=1S/C13H16ClNO2/c1-13(17)5-6-15(9-13)8-12(16)10-3-2-4-11(14)7-10/h2-4,7,17H,5-6,8-9H2,1H3. The Hall–Kier alpha value is -0.900. The highest BCUT2D eigenvalue weighted by Crippen LogP contribution is 2.20. The molecule has 1 unspecified atom stereocenters. The van der Waals surface area contributed by atoms with Crippen LogP contribution in [0.1, 0.15) is 23.7 Å². The molecule has 0 saturated carbocycles. The van der Waals surface area contributed by atoms with Crippen LogP contribution in [0.25, 0.3) is 0 Å². The van der Waals surface area contributed by atoms with Gasteiger partial charge in [0, 0.05) is 23.7 Å². The summed E-state index contributed by atoms with van der Waals surface area (Å²) in [5.41, 5.74) is -0.0294. The molecule has 1 aromatic carbocycles. The van der Waals surface area contributed by atoms with Crippen molar-refractivity contribution in [2.75, 3.05) is 19.6 Å². The summed E-state index contributed by atoms with van der Waals surface area (Å²) < 4.78 is 0. The zero-order valence-corrected chi connectivity index (χ0v) is 10.6. The molecule has 0 radical (unpaired) electrons. The van der Waals surface area contributed by atoms with E-state index in [1.165, 1.54) is 0 Å². The topological polar surface area (TPSA) is 40.5 Å². The molecule has 1 N–H and O–H groups in total. The third kappa shape index (κ3) is 3.28. The second-order valence-electron chi connectivity index (χ2n) is 4.89. The SMILES string of the molecule is CC1(O)CCN(CC(=O)c2cccc(Cl)c2)C1. The van der Waals surface area contributed by atoms with Gasteiger partial charge in [0.25, 0.3) is 0 Å². The molecule has 17 heavy (non-hydrogen) atoms. The molecule has 0 aliphatic carbocycles. The Labute approximate surface area is 106 Å². The fourth-order valence-corrected chi connectivity index (χ4v) is 2.32. The van der Waals surface area contributed by atoms with Crippen LogP contribution in [0.3, 0.4) is 0 Å². The minimum absolute atomic E-state index is 0.0465. The number of carbonyl (C=O) groups is 1. The Kier molecular flexibility index (Phi) is 3.52. The third-order valence-corrected chi connectivity index (χ3v) is 3.28. The summed E-state index contributed by atoms with van der Waals surface area (Å²) in [5.74, 6) is 0.0465. The maximum atomic E-state index is 12.0. The lowest BCUT2D eigenvalue weighted by Gasteiger charge is -2.18. The maximum Gasteiger partial charge on any atom is 0.176 e. The number of carbonyl (C=O) groups excluding carboxylic acids is 1. The molecule has 1 atom stereocenters. The summed E-state index contributed by atoms with van der Waals surface area (Å²) in [6, 6.07) is 6.97. The normalized spacial score (nSPS) is 25.1. The monoisotopic (exact) mass is 253 g/mol. The van der Waals surface area contributed by atoms with E-state index in [2.05, 4.69) is 0 Å². The van der Waals surface area contributed by atoms with Crippen LogP contribution in [0.2, 0.25) is 5.02 Å². The Balaban J connectivity index is 1.98. The molecular weight excluding hydrogens is 238 g/mol.